The van der Waals surface area contributed by atoms with E-state index in [0.717, 1.165) is 37.8 Å². The second kappa shape index (κ2) is 6.24. The molecular weight excluding hydrogens is 304 g/mol. The van der Waals surface area contributed by atoms with Crippen LogP contribution >= 0.6 is 0 Å². The van der Waals surface area contributed by atoms with Crippen LogP contribution in [0, 0.1) is 0 Å². The summed E-state index contributed by atoms with van der Waals surface area (Å²) in [5.41, 5.74) is 1.03. The monoisotopic (exact) mass is 327 g/mol. The summed E-state index contributed by atoms with van der Waals surface area (Å²) in [5, 5.41) is 10.0. The normalized spacial score (nSPS) is 31.2. The molecule has 0 aromatic heterocycles. The Hall–Kier alpha value is -1.40. The van der Waals surface area contributed by atoms with Crippen LogP contribution in [0.25, 0.3) is 0 Å². The molecule has 0 unspecified atom stereocenters. The lowest BCUT2D eigenvalue weighted by atomic mass is 9.65. The van der Waals surface area contributed by atoms with Gasteiger partial charge in [-0.05, 0) is 57.0 Å². The molecule has 0 spiro atoms. The Kier molecular flexibility index (Phi) is 4.47. The van der Waals surface area contributed by atoms with Gasteiger partial charge in [0.15, 0.2) is 11.5 Å². The van der Waals surface area contributed by atoms with Gasteiger partial charge in [-0.25, -0.2) is 0 Å². The number of aliphatic hydroxyl groups excluding tert-OH is 1. The minimum absolute atomic E-state index is 0.0510. The van der Waals surface area contributed by atoms with Gasteiger partial charge in [0.05, 0.1) is 13.2 Å². The van der Waals surface area contributed by atoms with E-state index in [9.17, 15) is 13.9 Å². The minimum atomic E-state index is -2.87. The highest BCUT2D eigenvalue weighted by atomic mass is 19.3. The molecule has 1 aliphatic heterocycles. The molecule has 3 rings (SSSR count). The number of hydrogen-bond acceptors (Lipinski definition) is 4. The third-order valence-corrected chi connectivity index (χ3v) is 5.45. The molecular formula is C17H23F2NO3. The Labute approximate surface area is 135 Å². The Balaban J connectivity index is 1.96. The van der Waals surface area contributed by atoms with E-state index in [2.05, 4.69) is 16.7 Å². The first-order chi connectivity index (χ1) is 11.0. The highest BCUT2D eigenvalue weighted by Gasteiger charge is 2.50. The zero-order valence-electron chi connectivity index (χ0n) is 13.5. The molecule has 1 heterocycles. The van der Waals surface area contributed by atoms with Gasteiger partial charge in [0.1, 0.15) is 0 Å². The number of likely N-dealkylation sites (N-methyl/N-ethyl adjacent to an activating group) is 1. The molecule has 3 atom stereocenters. The molecule has 1 saturated heterocycles. The third-order valence-electron chi connectivity index (χ3n) is 5.45. The Morgan fingerprint density at radius 2 is 2.09 bits per heavy atom. The van der Waals surface area contributed by atoms with Crippen LogP contribution in [0.3, 0.4) is 0 Å². The Bertz CT molecular complexity index is 569. The van der Waals surface area contributed by atoms with Gasteiger partial charge >= 0.3 is 6.61 Å². The number of fused-ring (bicyclic) bond motifs is 1. The van der Waals surface area contributed by atoms with Crippen molar-refractivity contribution in [1.29, 1.82) is 0 Å². The number of rotatable bonds is 4. The predicted octanol–water partition coefficient (Wildman–Crippen LogP) is 2.78. The van der Waals surface area contributed by atoms with E-state index >= 15 is 0 Å². The number of ether oxygens (including phenoxy) is 2. The van der Waals surface area contributed by atoms with Crippen LogP contribution in [-0.4, -0.2) is 49.5 Å². The van der Waals surface area contributed by atoms with E-state index < -0.39 is 6.61 Å². The number of likely N-dealkylation sites (tertiary alicyclic amines) is 1. The second-order valence-electron chi connectivity index (χ2n) is 6.57. The smallest absolute Gasteiger partial charge is 0.387 e. The second-order valence-corrected chi connectivity index (χ2v) is 6.57. The molecule has 2 aliphatic rings. The van der Waals surface area contributed by atoms with E-state index in [1.54, 1.807) is 6.07 Å². The van der Waals surface area contributed by atoms with Gasteiger partial charge in [0.2, 0.25) is 0 Å². The number of alkyl halides is 2. The van der Waals surface area contributed by atoms with Crippen LogP contribution < -0.4 is 9.47 Å². The summed E-state index contributed by atoms with van der Waals surface area (Å²) in [7, 11) is 3.54. The molecule has 0 bridgehead atoms. The lowest BCUT2D eigenvalue weighted by molar-refractivity contribution is -0.0512. The number of hydrogen-bond donors (Lipinski definition) is 1. The molecule has 0 amide bonds. The van der Waals surface area contributed by atoms with Crippen LogP contribution in [0.4, 0.5) is 8.78 Å². The summed E-state index contributed by atoms with van der Waals surface area (Å²) in [5.74, 6) is 0.387. The number of nitrogens with zero attached hydrogens (tertiary/aromatic N) is 1. The van der Waals surface area contributed by atoms with E-state index in [1.807, 2.05) is 12.1 Å². The van der Waals surface area contributed by atoms with Crippen molar-refractivity contribution in [2.45, 2.75) is 49.9 Å². The first-order valence-electron chi connectivity index (χ1n) is 7.98. The van der Waals surface area contributed by atoms with Crippen molar-refractivity contribution in [3.05, 3.63) is 23.8 Å². The van der Waals surface area contributed by atoms with Crippen LogP contribution in [0.2, 0.25) is 0 Å². The van der Waals surface area contributed by atoms with E-state index in [4.69, 9.17) is 4.74 Å². The van der Waals surface area contributed by atoms with Crippen LogP contribution in [0.1, 0.15) is 31.2 Å². The molecule has 23 heavy (non-hydrogen) atoms. The molecule has 1 aliphatic carbocycles. The SMILES string of the molecule is COc1cc([C@@]23CC[C@H](O)C[C@@H]2N(C)CC3)ccc1OC(F)F. The summed E-state index contributed by atoms with van der Waals surface area (Å²) in [6, 6.07) is 5.51. The van der Waals surface area contributed by atoms with Crippen molar-refractivity contribution >= 4 is 0 Å². The minimum Gasteiger partial charge on any atom is -0.493 e. The average molecular weight is 327 g/mol. The van der Waals surface area contributed by atoms with Gasteiger partial charge < -0.3 is 19.5 Å². The molecule has 4 nitrogen and oxygen atoms in total. The fraction of sp³-hybridized carbons (Fsp3) is 0.647. The maximum atomic E-state index is 12.5. The van der Waals surface area contributed by atoms with Crippen molar-refractivity contribution in [1.82, 2.24) is 4.90 Å². The Morgan fingerprint density at radius 3 is 2.78 bits per heavy atom. The van der Waals surface area contributed by atoms with Crippen LogP contribution in [0.15, 0.2) is 18.2 Å². The number of aliphatic hydroxyl groups is 1. The lowest BCUT2D eigenvalue weighted by Crippen LogP contribution is -2.47. The van der Waals surface area contributed by atoms with Crippen LogP contribution in [0.5, 0.6) is 11.5 Å². The molecule has 1 aromatic rings. The predicted molar refractivity (Wildman–Crippen MR) is 82.2 cm³/mol. The Morgan fingerprint density at radius 1 is 1.30 bits per heavy atom. The number of benzene rings is 1. The van der Waals surface area contributed by atoms with E-state index in [0.29, 0.717) is 5.75 Å². The van der Waals surface area contributed by atoms with Crippen molar-refractivity contribution in [3.8, 4) is 11.5 Å². The first kappa shape index (κ1) is 16.5. The fourth-order valence-corrected chi connectivity index (χ4v) is 4.27. The summed E-state index contributed by atoms with van der Waals surface area (Å²) in [6.07, 6.45) is 3.13. The van der Waals surface area contributed by atoms with Crippen molar-refractivity contribution in [2.75, 3.05) is 20.7 Å². The standard InChI is InChI=1S/C17H23F2NO3/c1-20-8-7-17(6-5-12(21)10-15(17)20)11-3-4-13(23-16(18)19)14(9-11)22-2/h3-4,9,12,15-16,21H,5-8,10H2,1-2H3/t12-,15-,17-/m0/s1. The topological polar surface area (TPSA) is 41.9 Å². The van der Waals surface area contributed by atoms with Gasteiger partial charge in [-0.3, -0.25) is 0 Å². The maximum absolute atomic E-state index is 12.5. The summed E-state index contributed by atoms with van der Waals surface area (Å²) in [6.45, 7) is -1.90. The maximum Gasteiger partial charge on any atom is 0.387 e. The largest absolute Gasteiger partial charge is 0.493 e. The zero-order valence-corrected chi connectivity index (χ0v) is 13.5. The van der Waals surface area contributed by atoms with Crippen molar-refractivity contribution < 1.29 is 23.4 Å². The van der Waals surface area contributed by atoms with Gasteiger partial charge in [-0.15, -0.1) is 0 Å². The molecule has 1 aromatic carbocycles. The summed E-state index contributed by atoms with van der Waals surface area (Å²) < 4.78 is 34.7. The van der Waals surface area contributed by atoms with Crippen LogP contribution in [-0.2, 0) is 5.41 Å². The zero-order chi connectivity index (χ0) is 16.6. The fourth-order valence-electron chi connectivity index (χ4n) is 4.27. The summed E-state index contributed by atoms with van der Waals surface area (Å²) in [4.78, 5) is 2.29. The summed E-state index contributed by atoms with van der Waals surface area (Å²) >= 11 is 0. The molecule has 128 valence electrons. The average Bonchev–Trinajstić information content (AvgIpc) is 2.85. The highest BCUT2D eigenvalue weighted by molar-refractivity contribution is 5.46. The highest BCUT2D eigenvalue weighted by Crippen LogP contribution is 2.49. The first-order valence-corrected chi connectivity index (χ1v) is 7.98. The van der Waals surface area contributed by atoms with Crippen molar-refractivity contribution in [3.63, 3.8) is 0 Å². The van der Waals surface area contributed by atoms with Crippen molar-refractivity contribution in [2.24, 2.45) is 0 Å². The molecule has 0 radical (unpaired) electrons. The van der Waals surface area contributed by atoms with Gasteiger partial charge in [-0.1, -0.05) is 6.07 Å². The quantitative estimate of drug-likeness (QED) is 0.923. The molecule has 1 saturated carbocycles. The number of methoxy groups -OCH3 is 1. The van der Waals surface area contributed by atoms with E-state index in [-0.39, 0.29) is 23.3 Å². The molecule has 1 N–H and O–H groups in total. The molecule has 2 fully saturated rings. The third kappa shape index (κ3) is 2.90. The lowest BCUT2D eigenvalue weighted by Gasteiger charge is -2.43. The number of halogens is 2. The molecule has 6 heteroatoms. The van der Waals surface area contributed by atoms with Gasteiger partial charge in [0.25, 0.3) is 0 Å². The van der Waals surface area contributed by atoms with E-state index in [1.165, 1.54) is 7.11 Å². The van der Waals surface area contributed by atoms with Gasteiger partial charge in [0, 0.05) is 11.5 Å². The van der Waals surface area contributed by atoms with Gasteiger partial charge in [-0.2, -0.15) is 8.78 Å².